The van der Waals surface area contributed by atoms with Crippen molar-refractivity contribution in [3.8, 4) is 11.3 Å². The number of hydrogen-bond donors (Lipinski definition) is 2. The fraction of sp³-hybridized carbons (Fsp3) is 0.222. The van der Waals surface area contributed by atoms with Crippen molar-refractivity contribution in [2.45, 2.75) is 19.3 Å². The molecule has 1 heterocycles. The second kappa shape index (κ2) is 6.51. The van der Waals surface area contributed by atoms with Crippen LogP contribution < -0.4 is 5.73 Å². The highest BCUT2D eigenvalue weighted by atomic mass is 35.5. The molecular formula is C18H18ClFN2. The molecule has 3 rings (SSSR count). The van der Waals surface area contributed by atoms with Crippen molar-refractivity contribution in [3.63, 3.8) is 0 Å². The van der Waals surface area contributed by atoms with E-state index < -0.39 is 0 Å². The number of aryl methyl sites for hydroxylation is 1. The lowest BCUT2D eigenvalue weighted by molar-refractivity contribution is 0.629. The summed E-state index contributed by atoms with van der Waals surface area (Å²) >= 11 is 5.97. The number of benzene rings is 2. The van der Waals surface area contributed by atoms with E-state index in [1.165, 1.54) is 6.07 Å². The summed E-state index contributed by atoms with van der Waals surface area (Å²) in [5.74, 6) is -0.214. The molecule has 0 aliphatic rings. The maximum atomic E-state index is 13.6. The average Bonchev–Trinajstić information content (AvgIpc) is 2.86. The molecule has 0 spiro atoms. The first-order chi connectivity index (χ1) is 10.7. The predicted octanol–water partition coefficient (Wildman–Crippen LogP) is 4.91. The summed E-state index contributed by atoms with van der Waals surface area (Å²) in [6, 6.07) is 12.6. The average molecular weight is 317 g/mol. The van der Waals surface area contributed by atoms with Crippen molar-refractivity contribution >= 4 is 22.5 Å². The van der Waals surface area contributed by atoms with E-state index in [1.54, 1.807) is 12.1 Å². The Labute approximate surface area is 134 Å². The first-order valence-electron chi connectivity index (χ1n) is 7.45. The van der Waals surface area contributed by atoms with Crippen LogP contribution >= 0.6 is 11.6 Å². The van der Waals surface area contributed by atoms with Gasteiger partial charge in [-0.2, -0.15) is 0 Å². The number of aromatic nitrogens is 1. The van der Waals surface area contributed by atoms with Gasteiger partial charge >= 0.3 is 0 Å². The van der Waals surface area contributed by atoms with Gasteiger partial charge in [-0.1, -0.05) is 23.7 Å². The minimum Gasteiger partial charge on any atom is -0.354 e. The molecule has 0 amide bonds. The molecule has 2 aromatic carbocycles. The lowest BCUT2D eigenvalue weighted by Gasteiger charge is -2.05. The molecule has 0 fully saturated rings. The Bertz CT molecular complexity index is 778. The van der Waals surface area contributed by atoms with Crippen LogP contribution in [0.25, 0.3) is 22.2 Å². The van der Waals surface area contributed by atoms with Crippen LogP contribution in [0.3, 0.4) is 0 Å². The van der Waals surface area contributed by atoms with Crippen molar-refractivity contribution in [1.29, 1.82) is 0 Å². The van der Waals surface area contributed by atoms with E-state index >= 15 is 0 Å². The number of hydrogen-bond acceptors (Lipinski definition) is 1. The Hall–Kier alpha value is -1.84. The van der Waals surface area contributed by atoms with Crippen molar-refractivity contribution in [2.24, 2.45) is 5.73 Å². The third-order valence-corrected chi connectivity index (χ3v) is 4.13. The lowest BCUT2D eigenvalue weighted by atomic mass is 10.0. The van der Waals surface area contributed by atoms with Crippen LogP contribution in [-0.4, -0.2) is 11.5 Å². The molecule has 0 saturated carbocycles. The largest absolute Gasteiger partial charge is 0.354 e. The van der Waals surface area contributed by atoms with E-state index in [9.17, 15) is 4.39 Å². The topological polar surface area (TPSA) is 41.8 Å². The number of fused-ring (bicyclic) bond motifs is 1. The molecule has 3 aromatic rings. The fourth-order valence-electron chi connectivity index (χ4n) is 2.79. The zero-order valence-electron chi connectivity index (χ0n) is 12.2. The van der Waals surface area contributed by atoms with Crippen LogP contribution in [0.15, 0.2) is 42.5 Å². The molecule has 22 heavy (non-hydrogen) atoms. The van der Waals surface area contributed by atoms with E-state index in [0.717, 1.165) is 47.0 Å². The third kappa shape index (κ3) is 3.01. The summed E-state index contributed by atoms with van der Waals surface area (Å²) in [6.45, 7) is 0.674. The molecule has 0 aliphatic carbocycles. The van der Waals surface area contributed by atoms with Crippen molar-refractivity contribution in [1.82, 2.24) is 4.98 Å². The van der Waals surface area contributed by atoms with Gasteiger partial charge in [-0.05, 0) is 67.3 Å². The molecular weight excluding hydrogens is 299 g/mol. The molecule has 0 unspecified atom stereocenters. The fourth-order valence-corrected chi connectivity index (χ4v) is 2.91. The standard InChI is InChI=1S/C18H18ClFN2/c19-13-6-4-12(5-7-13)18-15(3-1-2-10-21)16-11-14(20)8-9-17(16)22-18/h4-9,11,22H,1-3,10,21H2. The third-order valence-electron chi connectivity index (χ3n) is 3.88. The highest BCUT2D eigenvalue weighted by molar-refractivity contribution is 6.30. The highest BCUT2D eigenvalue weighted by Gasteiger charge is 2.13. The molecule has 3 N–H and O–H groups in total. The maximum Gasteiger partial charge on any atom is 0.123 e. The van der Waals surface area contributed by atoms with Gasteiger partial charge in [-0.25, -0.2) is 4.39 Å². The Morgan fingerprint density at radius 2 is 1.82 bits per heavy atom. The highest BCUT2D eigenvalue weighted by Crippen LogP contribution is 2.32. The van der Waals surface area contributed by atoms with Gasteiger partial charge in [0.2, 0.25) is 0 Å². The van der Waals surface area contributed by atoms with E-state index in [1.807, 2.05) is 24.3 Å². The number of H-pyrrole nitrogens is 1. The van der Waals surface area contributed by atoms with Gasteiger partial charge in [0.05, 0.1) is 0 Å². The molecule has 4 heteroatoms. The van der Waals surface area contributed by atoms with Crippen molar-refractivity contribution in [2.75, 3.05) is 6.54 Å². The number of nitrogens with one attached hydrogen (secondary N) is 1. The minimum absolute atomic E-state index is 0.214. The van der Waals surface area contributed by atoms with Crippen LogP contribution in [0, 0.1) is 5.82 Å². The summed E-state index contributed by atoms with van der Waals surface area (Å²) in [6.07, 6.45) is 2.82. The Balaban J connectivity index is 2.10. The normalized spacial score (nSPS) is 11.2. The second-order valence-electron chi connectivity index (χ2n) is 5.42. The van der Waals surface area contributed by atoms with Gasteiger partial charge in [0, 0.05) is 21.6 Å². The summed E-state index contributed by atoms with van der Waals surface area (Å²) < 4.78 is 13.6. The van der Waals surface area contributed by atoms with Crippen LogP contribution in [0.2, 0.25) is 5.02 Å². The molecule has 2 nitrogen and oxygen atoms in total. The summed E-state index contributed by atoms with van der Waals surface area (Å²) in [5.41, 5.74) is 9.78. The number of rotatable bonds is 5. The lowest BCUT2D eigenvalue weighted by Crippen LogP contribution is -1.99. The maximum absolute atomic E-state index is 13.6. The summed E-state index contributed by atoms with van der Waals surface area (Å²) in [4.78, 5) is 3.41. The Morgan fingerprint density at radius 3 is 2.55 bits per heavy atom. The molecule has 0 bridgehead atoms. The molecule has 0 saturated heterocycles. The smallest absolute Gasteiger partial charge is 0.123 e. The molecule has 1 aromatic heterocycles. The van der Waals surface area contributed by atoms with E-state index in [2.05, 4.69) is 4.98 Å². The van der Waals surface area contributed by atoms with E-state index in [0.29, 0.717) is 11.6 Å². The first-order valence-corrected chi connectivity index (χ1v) is 7.83. The van der Waals surface area contributed by atoms with Crippen LogP contribution in [0.5, 0.6) is 0 Å². The van der Waals surface area contributed by atoms with Crippen LogP contribution in [0.1, 0.15) is 18.4 Å². The van der Waals surface area contributed by atoms with Gasteiger partial charge in [0.25, 0.3) is 0 Å². The number of halogens is 2. The van der Waals surface area contributed by atoms with E-state index in [4.69, 9.17) is 17.3 Å². The zero-order valence-corrected chi connectivity index (χ0v) is 13.0. The van der Waals surface area contributed by atoms with Crippen LogP contribution in [0.4, 0.5) is 4.39 Å². The Morgan fingerprint density at radius 1 is 1.05 bits per heavy atom. The number of unbranched alkanes of at least 4 members (excludes halogenated alkanes) is 1. The van der Waals surface area contributed by atoms with Gasteiger partial charge in [-0.3, -0.25) is 0 Å². The summed E-state index contributed by atoms with van der Waals surface area (Å²) in [5, 5.41) is 1.65. The van der Waals surface area contributed by atoms with Crippen molar-refractivity contribution < 1.29 is 4.39 Å². The van der Waals surface area contributed by atoms with Crippen LogP contribution in [-0.2, 0) is 6.42 Å². The van der Waals surface area contributed by atoms with Gasteiger partial charge in [-0.15, -0.1) is 0 Å². The molecule has 114 valence electrons. The van der Waals surface area contributed by atoms with E-state index in [-0.39, 0.29) is 5.82 Å². The predicted molar refractivity (Wildman–Crippen MR) is 90.7 cm³/mol. The first kappa shape index (κ1) is 15.1. The SMILES string of the molecule is NCCCCc1c(-c2ccc(Cl)cc2)[nH]c2ccc(F)cc12. The quantitative estimate of drug-likeness (QED) is 0.645. The van der Waals surface area contributed by atoms with Gasteiger partial charge < -0.3 is 10.7 Å². The Kier molecular flexibility index (Phi) is 4.46. The van der Waals surface area contributed by atoms with Gasteiger partial charge in [0.15, 0.2) is 0 Å². The zero-order chi connectivity index (χ0) is 15.5. The number of aromatic amines is 1. The molecule has 0 atom stereocenters. The number of nitrogens with two attached hydrogens (primary N) is 1. The molecule has 0 radical (unpaired) electrons. The molecule has 0 aliphatic heterocycles. The summed E-state index contributed by atoms with van der Waals surface area (Å²) in [7, 11) is 0. The second-order valence-corrected chi connectivity index (χ2v) is 5.86. The minimum atomic E-state index is -0.214. The van der Waals surface area contributed by atoms with Gasteiger partial charge in [0.1, 0.15) is 5.82 Å². The van der Waals surface area contributed by atoms with Crippen molar-refractivity contribution in [3.05, 3.63) is 58.9 Å². The monoisotopic (exact) mass is 316 g/mol.